The van der Waals surface area contributed by atoms with E-state index in [0.717, 1.165) is 5.56 Å². The van der Waals surface area contributed by atoms with Crippen molar-refractivity contribution >= 4 is 27.5 Å². The van der Waals surface area contributed by atoms with Crippen molar-refractivity contribution in [1.82, 2.24) is 5.32 Å². The minimum atomic E-state index is -3.84. The van der Waals surface area contributed by atoms with Crippen LogP contribution < -0.4 is 15.8 Å². The Morgan fingerprint density at radius 2 is 1.71 bits per heavy atom. The SMILES string of the molecule is COc1ccc([C@H]2[C@@H](S(=O)(=O)c3ccc(Cl)cc3)[C@@]2(CN)NC(=O)OC(C)(C)C)cc1. The van der Waals surface area contributed by atoms with E-state index in [2.05, 4.69) is 5.32 Å². The van der Waals surface area contributed by atoms with Crippen molar-refractivity contribution in [3.8, 4) is 5.75 Å². The highest BCUT2D eigenvalue weighted by Crippen LogP contribution is 2.57. The minimum absolute atomic E-state index is 0.0829. The number of nitrogens with one attached hydrogen (secondary N) is 1. The van der Waals surface area contributed by atoms with Crippen LogP contribution >= 0.6 is 11.6 Å². The van der Waals surface area contributed by atoms with Gasteiger partial charge in [-0.15, -0.1) is 0 Å². The van der Waals surface area contributed by atoms with Gasteiger partial charge in [-0.3, -0.25) is 0 Å². The Labute approximate surface area is 187 Å². The third-order valence-corrected chi connectivity index (χ3v) is 7.82. The summed E-state index contributed by atoms with van der Waals surface area (Å²) in [6.07, 6.45) is -0.717. The first-order valence-corrected chi connectivity index (χ1v) is 11.7. The zero-order chi connectivity index (χ0) is 23.0. The Hall–Kier alpha value is -2.29. The van der Waals surface area contributed by atoms with Gasteiger partial charge >= 0.3 is 6.09 Å². The molecule has 3 rings (SSSR count). The van der Waals surface area contributed by atoms with Gasteiger partial charge in [-0.2, -0.15) is 0 Å². The predicted octanol–water partition coefficient (Wildman–Crippen LogP) is 3.51. The van der Waals surface area contributed by atoms with Crippen LogP contribution in [0.25, 0.3) is 0 Å². The molecule has 1 aliphatic rings. The van der Waals surface area contributed by atoms with Gasteiger partial charge in [0.25, 0.3) is 0 Å². The quantitative estimate of drug-likeness (QED) is 0.674. The van der Waals surface area contributed by atoms with E-state index in [9.17, 15) is 13.2 Å². The van der Waals surface area contributed by atoms with Crippen LogP contribution in [-0.4, -0.2) is 44.6 Å². The number of amides is 1. The molecule has 2 aromatic carbocycles. The largest absolute Gasteiger partial charge is 0.497 e. The molecule has 0 heterocycles. The fourth-order valence-electron chi connectivity index (χ4n) is 3.85. The fraction of sp³-hybridized carbons (Fsp3) is 0.409. The summed E-state index contributed by atoms with van der Waals surface area (Å²) >= 11 is 5.92. The second kappa shape index (κ2) is 8.33. The number of methoxy groups -OCH3 is 1. The number of halogens is 1. The van der Waals surface area contributed by atoms with E-state index in [4.69, 9.17) is 26.8 Å². The lowest BCUT2D eigenvalue weighted by Gasteiger charge is -2.24. The third-order valence-electron chi connectivity index (χ3n) is 5.28. The Morgan fingerprint density at radius 3 is 2.19 bits per heavy atom. The van der Waals surface area contributed by atoms with E-state index < -0.39 is 38.2 Å². The average Bonchev–Trinajstić information content (AvgIpc) is 3.36. The van der Waals surface area contributed by atoms with Gasteiger partial charge in [0, 0.05) is 17.5 Å². The van der Waals surface area contributed by atoms with Gasteiger partial charge in [0.1, 0.15) is 16.6 Å². The molecule has 0 saturated heterocycles. The number of alkyl carbamates (subject to hydrolysis) is 1. The highest BCUT2D eigenvalue weighted by molar-refractivity contribution is 7.92. The first-order chi connectivity index (χ1) is 14.4. The van der Waals surface area contributed by atoms with Crippen molar-refractivity contribution in [2.45, 2.75) is 48.0 Å². The molecule has 3 atom stereocenters. The van der Waals surface area contributed by atoms with Crippen LogP contribution in [0.15, 0.2) is 53.4 Å². The first kappa shape index (κ1) is 23.4. The number of ether oxygens (including phenoxy) is 2. The third kappa shape index (κ3) is 4.66. The summed E-state index contributed by atoms with van der Waals surface area (Å²) in [4.78, 5) is 12.7. The Morgan fingerprint density at radius 1 is 1.13 bits per heavy atom. The van der Waals surface area contributed by atoms with Crippen molar-refractivity contribution in [3.63, 3.8) is 0 Å². The molecule has 0 bridgehead atoms. The van der Waals surface area contributed by atoms with E-state index in [1.807, 2.05) is 0 Å². The van der Waals surface area contributed by atoms with Gasteiger partial charge in [-0.25, -0.2) is 13.2 Å². The standard InChI is InChI=1S/C22H27ClN2O5S/c1-21(2,3)30-20(26)25-22(13-24)18(14-5-9-16(29-4)10-6-14)19(22)31(27,28)17-11-7-15(23)8-12-17/h5-12,18-19H,13,24H2,1-4H3,(H,25,26)/t18-,19+,22-/m0/s1. The first-order valence-electron chi connectivity index (χ1n) is 9.79. The lowest BCUT2D eigenvalue weighted by atomic mass is 10.1. The number of nitrogens with two attached hydrogens (primary N) is 1. The monoisotopic (exact) mass is 466 g/mol. The normalized spacial score (nSPS) is 23.2. The number of carbonyl (C=O) groups is 1. The van der Waals surface area contributed by atoms with Gasteiger partial charge in [-0.1, -0.05) is 23.7 Å². The smallest absolute Gasteiger partial charge is 0.408 e. The zero-order valence-corrected chi connectivity index (χ0v) is 19.5. The van der Waals surface area contributed by atoms with E-state index in [-0.39, 0.29) is 11.4 Å². The fourth-order valence-corrected chi connectivity index (χ4v) is 6.32. The van der Waals surface area contributed by atoms with E-state index in [1.165, 1.54) is 24.3 Å². The lowest BCUT2D eigenvalue weighted by molar-refractivity contribution is 0.0497. The second-order valence-corrected chi connectivity index (χ2v) is 11.0. The zero-order valence-electron chi connectivity index (χ0n) is 17.9. The molecule has 0 radical (unpaired) electrons. The molecule has 3 N–H and O–H groups in total. The summed E-state index contributed by atoms with van der Waals surface area (Å²) in [7, 11) is -2.29. The van der Waals surface area contributed by atoms with Crippen LogP contribution in [0, 0.1) is 0 Å². The molecule has 0 unspecified atom stereocenters. The summed E-state index contributed by atoms with van der Waals surface area (Å²) in [6.45, 7) is 5.12. The van der Waals surface area contributed by atoms with Crippen molar-refractivity contribution in [2.75, 3.05) is 13.7 Å². The molecule has 2 aromatic rings. The summed E-state index contributed by atoms with van der Waals surface area (Å²) in [6, 6.07) is 13.0. The van der Waals surface area contributed by atoms with E-state index in [0.29, 0.717) is 10.8 Å². The van der Waals surface area contributed by atoms with Gasteiger partial charge in [-0.05, 0) is 62.7 Å². The second-order valence-electron chi connectivity index (χ2n) is 8.54. The Balaban J connectivity index is 2.03. The summed E-state index contributed by atoms with van der Waals surface area (Å²) in [5, 5.41) is 2.23. The van der Waals surface area contributed by atoms with Crippen LogP contribution in [0.2, 0.25) is 5.02 Å². The van der Waals surface area contributed by atoms with Crippen LogP contribution in [0.1, 0.15) is 32.3 Å². The molecule has 0 aliphatic heterocycles. The molecule has 9 heteroatoms. The maximum atomic E-state index is 13.5. The van der Waals surface area contributed by atoms with Crippen LogP contribution in [0.3, 0.4) is 0 Å². The molecule has 1 aliphatic carbocycles. The molecular weight excluding hydrogens is 440 g/mol. The number of hydrogen-bond donors (Lipinski definition) is 2. The lowest BCUT2D eigenvalue weighted by Crippen LogP contribution is -2.49. The highest BCUT2D eigenvalue weighted by atomic mass is 35.5. The van der Waals surface area contributed by atoms with Gasteiger partial charge in [0.15, 0.2) is 9.84 Å². The van der Waals surface area contributed by atoms with Crippen molar-refractivity contribution in [3.05, 3.63) is 59.1 Å². The van der Waals surface area contributed by atoms with Crippen molar-refractivity contribution in [1.29, 1.82) is 0 Å². The van der Waals surface area contributed by atoms with Crippen LogP contribution in [0.4, 0.5) is 4.79 Å². The summed E-state index contributed by atoms with van der Waals surface area (Å²) in [5.74, 6) is 0.0801. The summed E-state index contributed by atoms with van der Waals surface area (Å²) < 4.78 is 37.7. The molecule has 0 aromatic heterocycles. The molecule has 0 spiro atoms. The molecule has 7 nitrogen and oxygen atoms in total. The highest BCUT2D eigenvalue weighted by Gasteiger charge is 2.71. The maximum Gasteiger partial charge on any atom is 0.408 e. The van der Waals surface area contributed by atoms with Gasteiger partial charge in [0.2, 0.25) is 0 Å². The Bertz CT molecular complexity index is 1050. The van der Waals surface area contributed by atoms with Gasteiger partial charge in [0.05, 0.1) is 17.5 Å². The number of benzene rings is 2. The predicted molar refractivity (Wildman–Crippen MR) is 119 cm³/mol. The molecule has 1 fully saturated rings. The van der Waals surface area contributed by atoms with Crippen LogP contribution in [0.5, 0.6) is 5.75 Å². The van der Waals surface area contributed by atoms with Gasteiger partial charge < -0.3 is 20.5 Å². The summed E-state index contributed by atoms with van der Waals surface area (Å²) in [5.41, 5.74) is 4.85. The number of rotatable bonds is 6. The minimum Gasteiger partial charge on any atom is -0.497 e. The molecule has 1 saturated carbocycles. The molecular formula is C22H27ClN2O5S. The Kier molecular flexibility index (Phi) is 6.28. The van der Waals surface area contributed by atoms with Crippen molar-refractivity contribution < 1.29 is 22.7 Å². The van der Waals surface area contributed by atoms with E-state index >= 15 is 0 Å². The molecule has 168 valence electrons. The topological polar surface area (TPSA) is 108 Å². The maximum absolute atomic E-state index is 13.5. The average molecular weight is 467 g/mol. The number of sulfone groups is 1. The number of carbonyl (C=O) groups excluding carboxylic acids is 1. The number of hydrogen-bond acceptors (Lipinski definition) is 6. The van der Waals surface area contributed by atoms with E-state index in [1.54, 1.807) is 52.1 Å². The molecule has 1 amide bonds. The molecule has 31 heavy (non-hydrogen) atoms. The van der Waals surface area contributed by atoms with Crippen LogP contribution in [-0.2, 0) is 14.6 Å². The van der Waals surface area contributed by atoms with Crippen molar-refractivity contribution in [2.24, 2.45) is 5.73 Å².